The lowest BCUT2D eigenvalue weighted by atomic mass is 10.1. The number of aryl methyl sites for hydroxylation is 1. The number of nitrogens with zero attached hydrogens (tertiary/aromatic N) is 1. The Morgan fingerprint density at radius 3 is 3.00 bits per heavy atom. The Labute approximate surface area is 87.4 Å². The summed E-state index contributed by atoms with van der Waals surface area (Å²) in [7, 11) is 1.88. The number of aromatic nitrogens is 2. The third-order valence-corrected chi connectivity index (χ3v) is 2.27. The predicted molar refractivity (Wildman–Crippen MR) is 59.9 cm³/mol. The molecule has 2 rings (SSSR count). The van der Waals surface area contributed by atoms with E-state index in [0.717, 1.165) is 17.6 Å². The maximum Gasteiger partial charge on any atom is 0.258 e. The van der Waals surface area contributed by atoms with Crippen molar-refractivity contribution in [3.8, 4) is 0 Å². The Balaban J connectivity index is 2.66. The topological polar surface area (TPSA) is 57.8 Å². The molecule has 4 heteroatoms. The number of rotatable bonds is 2. The molecule has 78 valence electrons. The van der Waals surface area contributed by atoms with E-state index in [1.807, 2.05) is 25.2 Å². The van der Waals surface area contributed by atoms with Crippen LogP contribution in [0.3, 0.4) is 0 Å². The molecular weight excluding hydrogens is 190 g/mol. The third-order valence-electron chi connectivity index (χ3n) is 2.27. The molecule has 0 amide bonds. The summed E-state index contributed by atoms with van der Waals surface area (Å²) in [5.74, 6) is 0.647. The first-order valence-electron chi connectivity index (χ1n) is 4.85. The molecule has 15 heavy (non-hydrogen) atoms. The van der Waals surface area contributed by atoms with Crippen molar-refractivity contribution >= 4 is 10.9 Å². The maximum atomic E-state index is 11.6. The number of hydrogen-bond acceptors (Lipinski definition) is 3. The van der Waals surface area contributed by atoms with Crippen molar-refractivity contribution in [3.63, 3.8) is 0 Å². The fourth-order valence-electron chi connectivity index (χ4n) is 1.62. The van der Waals surface area contributed by atoms with E-state index in [4.69, 9.17) is 0 Å². The zero-order valence-corrected chi connectivity index (χ0v) is 8.79. The summed E-state index contributed by atoms with van der Waals surface area (Å²) in [6, 6.07) is 5.73. The van der Waals surface area contributed by atoms with Gasteiger partial charge in [-0.3, -0.25) is 4.79 Å². The summed E-state index contributed by atoms with van der Waals surface area (Å²) >= 11 is 0. The van der Waals surface area contributed by atoms with E-state index in [9.17, 15) is 4.79 Å². The lowest BCUT2D eigenvalue weighted by Gasteiger charge is -2.02. The number of aromatic amines is 1. The molecular formula is C11H13N3O. The van der Waals surface area contributed by atoms with E-state index < -0.39 is 0 Å². The van der Waals surface area contributed by atoms with Crippen LogP contribution in [0.15, 0.2) is 23.0 Å². The second-order valence-electron chi connectivity index (χ2n) is 3.53. The van der Waals surface area contributed by atoms with Crippen LogP contribution in [-0.2, 0) is 6.54 Å². The first-order valence-corrected chi connectivity index (χ1v) is 4.85. The Morgan fingerprint density at radius 2 is 2.27 bits per heavy atom. The monoisotopic (exact) mass is 203 g/mol. The molecule has 1 heterocycles. The summed E-state index contributed by atoms with van der Waals surface area (Å²) in [4.78, 5) is 18.6. The standard InChI is InChI=1S/C11H13N3O/c1-7-13-10-4-3-8(6-12-2)5-9(10)11(15)14-7/h3-5,12H,6H2,1-2H3,(H,13,14,15). The molecule has 0 aliphatic rings. The normalized spacial score (nSPS) is 10.8. The predicted octanol–water partition coefficient (Wildman–Crippen LogP) is 0.951. The van der Waals surface area contributed by atoms with Crippen molar-refractivity contribution in [1.82, 2.24) is 15.3 Å². The van der Waals surface area contributed by atoms with Crippen LogP contribution in [0.2, 0.25) is 0 Å². The van der Waals surface area contributed by atoms with Crippen molar-refractivity contribution in [1.29, 1.82) is 0 Å². The third kappa shape index (κ3) is 1.89. The van der Waals surface area contributed by atoms with Gasteiger partial charge in [-0.25, -0.2) is 4.98 Å². The molecule has 0 spiro atoms. The SMILES string of the molecule is CNCc1ccc2nc(C)[nH]c(=O)c2c1. The van der Waals surface area contributed by atoms with Gasteiger partial charge < -0.3 is 10.3 Å². The highest BCUT2D eigenvalue weighted by Crippen LogP contribution is 2.09. The minimum Gasteiger partial charge on any atom is -0.316 e. The molecule has 0 radical (unpaired) electrons. The average Bonchev–Trinajstić information content (AvgIpc) is 2.19. The van der Waals surface area contributed by atoms with Gasteiger partial charge in [-0.15, -0.1) is 0 Å². The van der Waals surface area contributed by atoms with Gasteiger partial charge >= 0.3 is 0 Å². The van der Waals surface area contributed by atoms with Gasteiger partial charge in [0.2, 0.25) is 0 Å². The van der Waals surface area contributed by atoms with Crippen molar-refractivity contribution < 1.29 is 0 Å². The van der Waals surface area contributed by atoms with Crippen LogP contribution in [0, 0.1) is 6.92 Å². The van der Waals surface area contributed by atoms with E-state index in [1.54, 1.807) is 6.92 Å². The quantitative estimate of drug-likeness (QED) is 0.764. The molecule has 0 atom stereocenters. The number of nitrogens with one attached hydrogen (secondary N) is 2. The van der Waals surface area contributed by atoms with Gasteiger partial charge in [-0.1, -0.05) is 6.07 Å². The Morgan fingerprint density at radius 1 is 1.47 bits per heavy atom. The molecule has 0 saturated carbocycles. The summed E-state index contributed by atoms with van der Waals surface area (Å²) in [5.41, 5.74) is 1.76. The molecule has 1 aromatic heterocycles. The van der Waals surface area contributed by atoms with E-state index in [0.29, 0.717) is 11.2 Å². The van der Waals surface area contributed by atoms with Gasteiger partial charge in [0.25, 0.3) is 5.56 Å². The van der Waals surface area contributed by atoms with Gasteiger partial charge in [0.1, 0.15) is 5.82 Å². The van der Waals surface area contributed by atoms with Crippen molar-refractivity contribution in [2.24, 2.45) is 0 Å². The number of fused-ring (bicyclic) bond motifs is 1. The molecule has 1 aromatic carbocycles. The highest BCUT2D eigenvalue weighted by atomic mass is 16.1. The minimum atomic E-state index is -0.0737. The molecule has 0 unspecified atom stereocenters. The fourth-order valence-corrected chi connectivity index (χ4v) is 1.62. The lowest BCUT2D eigenvalue weighted by molar-refractivity contribution is 0.818. The number of H-pyrrole nitrogens is 1. The van der Waals surface area contributed by atoms with E-state index in [1.165, 1.54) is 0 Å². The highest BCUT2D eigenvalue weighted by Gasteiger charge is 2.02. The summed E-state index contributed by atoms with van der Waals surface area (Å²) in [5, 5.41) is 3.69. The van der Waals surface area contributed by atoms with Gasteiger partial charge in [-0.2, -0.15) is 0 Å². The van der Waals surface area contributed by atoms with Crippen LogP contribution in [0.25, 0.3) is 10.9 Å². The van der Waals surface area contributed by atoms with Gasteiger partial charge in [0.15, 0.2) is 0 Å². The Kier molecular flexibility index (Phi) is 2.51. The number of hydrogen-bond donors (Lipinski definition) is 2. The molecule has 0 aliphatic carbocycles. The van der Waals surface area contributed by atoms with Crippen LogP contribution in [0.1, 0.15) is 11.4 Å². The summed E-state index contributed by atoms with van der Waals surface area (Å²) in [6.45, 7) is 2.53. The summed E-state index contributed by atoms with van der Waals surface area (Å²) in [6.07, 6.45) is 0. The zero-order chi connectivity index (χ0) is 10.8. The molecule has 0 fully saturated rings. The van der Waals surface area contributed by atoms with E-state index >= 15 is 0 Å². The molecule has 2 N–H and O–H groups in total. The van der Waals surface area contributed by atoms with Crippen molar-refractivity contribution in [2.45, 2.75) is 13.5 Å². The van der Waals surface area contributed by atoms with E-state index in [-0.39, 0.29) is 5.56 Å². The number of benzene rings is 1. The smallest absolute Gasteiger partial charge is 0.258 e. The molecule has 0 bridgehead atoms. The zero-order valence-electron chi connectivity index (χ0n) is 8.79. The second kappa shape index (κ2) is 3.82. The second-order valence-corrected chi connectivity index (χ2v) is 3.53. The molecule has 2 aromatic rings. The van der Waals surface area contributed by atoms with Crippen molar-refractivity contribution in [2.75, 3.05) is 7.05 Å². The van der Waals surface area contributed by atoms with Crippen LogP contribution >= 0.6 is 0 Å². The van der Waals surface area contributed by atoms with Gasteiger partial charge in [0, 0.05) is 6.54 Å². The summed E-state index contributed by atoms with van der Waals surface area (Å²) < 4.78 is 0. The average molecular weight is 203 g/mol. The molecule has 0 aliphatic heterocycles. The molecule has 0 saturated heterocycles. The largest absolute Gasteiger partial charge is 0.316 e. The lowest BCUT2D eigenvalue weighted by Crippen LogP contribution is -2.11. The molecule has 4 nitrogen and oxygen atoms in total. The fraction of sp³-hybridized carbons (Fsp3) is 0.273. The van der Waals surface area contributed by atoms with Crippen molar-refractivity contribution in [3.05, 3.63) is 39.9 Å². The first kappa shape index (κ1) is 9.86. The van der Waals surface area contributed by atoms with Crippen LogP contribution < -0.4 is 10.9 Å². The Hall–Kier alpha value is -1.68. The van der Waals surface area contributed by atoms with E-state index in [2.05, 4.69) is 15.3 Å². The van der Waals surface area contributed by atoms with Crippen LogP contribution in [0.5, 0.6) is 0 Å². The van der Waals surface area contributed by atoms with Crippen LogP contribution in [0.4, 0.5) is 0 Å². The van der Waals surface area contributed by atoms with Crippen LogP contribution in [-0.4, -0.2) is 17.0 Å². The van der Waals surface area contributed by atoms with Gasteiger partial charge in [-0.05, 0) is 31.7 Å². The Bertz CT molecular complexity index is 545. The maximum absolute atomic E-state index is 11.6. The van der Waals surface area contributed by atoms with Gasteiger partial charge in [0.05, 0.1) is 10.9 Å². The first-order chi connectivity index (χ1) is 7.20. The highest BCUT2D eigenvalue weighted by molar-refractivity contribution is 5.78. The minimum absolute atomic E-state index is 0.0737.